The van der Waals surface area contributed by atoms with Gasteiger partial charge in [0, 0.05) is 0 Å². The van der Waals surface area contributed by atoms with E-state index in [2.05, 4.69) is 31.2 Å². The minimum Gasteiger partial charge on any atom is -0.485 e. The molecule has 2 N–H and O–H groups in total. The Kier molecular flexibility index (Phi) is 3.44. The number of hydrogen-bond donors (Lipinski definition) is 1. The minimum absolute atomic E-state index is 0.331. The number of nitrogens with two attached hydrogens (primary N) is 1. The molecule has 0 radical (unpaired) electrons. The van der Waals surface area contributed by atoms with Gasteiger partial charge in [-0.15, -0.1) is 0 Å². The Balaban J connectivity index is 1.88. The number of furan rings is 1. The molecule has 102 valence electrons. The maximum Gasteiger partial charge on any atom is 0.170 e. The number of para-hydroxylation sites is 1. The first-order valence-electron chi connectivity index (χ1n) is 6.67. The zero-order chi connectivity index (χ0) is 13.9. The predicted molar refractivity (Wildman–Crippen MR) is 79.6 cm³/mol. The Morgan fingerprint density at radius 2 is 1.80 bits per heavy atom. The van der Waals surface area contributed by atoms with Crippen LogP contribution in [-0.2, 0) is 13.2 Å². The van der Waals surface area contributed by atoms with Gasteiger partial charge in [0.15, 0.2) is 11.5 Å². The lowest BCUT2D eigenvalue weighted by molar-refractivity contribution is 0.299. The zero-order valence-corrected chi connectivity index (χ0v) is 11.4. The van der Waals surface area contributed by atoms with Crippen LogP contribution in [0.15, 0.2) is 52.9 Å². The monoisotopic (exact) mass is 267 g/mol. The molecule has 2 aromatic carbocycles. The molecule has 0 aliphatic heterocycles. The Morgan fingerprint density at radius 1 is 1.05 bits per heavy atom. The van der Waals surface area contributed by atoms with Crippen LogP contribution in [0, 0.1) is 6.92 Å². The third-order valence-electron chi connectivity index (χ3n) is 3.31. The Labute approximate surface area is 118 Å². The standard InChI is InChI=1S/C17H17NO2/c1-12-6-8-13(9-7-12)11-19-17-14-4-2-3-5-15(14)20-16(17)10-18/h2-9H,10-11,18H2,1H3. The van der Waals surface area contributed by atoms with Crippen LogP contribution in [-0.4, -0.2) is 0 Å². The van der Waals surface area contributed by atoms with Gasteiger partial charge in [-0.3, -0.25) is 0 Å². The summed E-state index contributed by atoms with van der Waals surface area (Å²) in [6.07, 6.45) is 0. The van der Waals surface area contributed by atoms with Gasteiger partial charge in [0.05, 0.1) is 11.9 Å². The predicted octanol–water partition coefficient (Wildman–Crippen LogP) is 3.78. The number of fused-ring (bicyclic) bond motifs is 1. The number of aryl methyl sites for hydroxylation is 1. The molecule has 0 aliphatic carbocycles. The number of ether oxygens (including phenoxy) is 1. The van der Waals surface area contributed by atoms with Crippen LogP contribution in [0.3, 0.4) is 0 Å². The maximum absolute atomic E-state index is 5.93. The Bertz CT molecular complexity index is 713. The highest BCUT2D eigenvalue weighted by atomic mass is 16.5. The maximum atomic E-state index is 5.93. The van der Waals surface area contributed by atoms with Crippen molar-refractivity contribution in [2.75, 3.05) is 0 Å². The average Bonchev–Trinajstić information content (AvgIpc) is 2.84. The van der Waals surface area contributed by atoms with E-state index in [1.807, 2.05) is 24.3 Å². The van der Waals surface area contributed by atoms with E-state index < -0.39 is 0 Å². The summed E-state index contributed by atoms with van der Waals surface area (Å²) in [6.45, 7) is 2.91. The topological polar surface area (TPSA) is 48.4 Å². The van der Waals surface area contributed by atoms with Gasteiger partial charge in [0.2, 0.25) is 0 Å². The molecule has 0 saturated heterocycles. The van der Waals surface area contributed by atoms with E-state index in [-0.39, 0.29) is 0 Å². The number of rotatable bonds is 4. The van der Waals surface area contributed by atoms with Gasteiger partial charge in [-0.05, 0) is 24.6 Å². The highest BCUT2D eigenvalue weighted by molar-refractivity contribution is 5.85. The van der Waals surface area contributed by atoms with Crippen molar-refractivity contribution < 1.29 is 9.15 Å². The molecule has 3 nitrogen and oxygen atoms in total. The van der Waals surface area contributed by atoms with Gasteiger partial charge in [-0.1, -0.05) is 42.0 Å². The molecule has 20 heavy (non-hydrogen) atoms. The van der Waals surface area contributed by atoms with Gasteiger partial charge < -0.3 is 14.9 Å². The molecule has 0 atom stereocenters. The molecular formula is C17H17NO2. The summed E-state index contributed by atoms with van der Waals surface area (Å²) in [5, 5.41) is 0.972. The molecule has 0 unspecified atom stereocenters. The van der Waals surface area contributed by atoms with Crippen LogP contribution in [0.4, 0.5) is 0 Å². The van der Waals surface area contributed by atoms with Gasteiger partial charge in [0.1, 0.15) is 12.2 Å². The largest absolute Gasteiger partial charge is 0.485 e. The molecule has 0 bridgehead atoms. The first-order chi connectivity index (χ1) is 9.78. The molecular weight excluding hydrogens is 250 g/mol. The van der Waals surface area contributed by atoms with E-state index in [1.165, 1.54) is 5.56 Å². The van der Waals surface area contributed by atoms with Crippen molar-refractivity contribution in [3.63, 3.8) is 0 Å². The van der Waals surface area contributed by atoms with E-state index in [0.29, 0.717) is 18.9 Å². The van der Waals surface area contributed by atoms with Crippen molar-refractivity contribution in [3.8, 4) is 5.75 Å². The quantitative estimate of drug-likeness (QED) is 0.782. The number of benzene rings is 2. The molecule has 1 aromatic heterocycles. The highest BCUT2D eigenvalue weighted by Gasteiger charge is 2.13. The second-order valence-corrected chi connectivity index (χ2v) is 4.83. The van der Waals surface area contributed by atoms with Crippen LogP contribution in [0.5, 0.6) is 5.75 Å². The fourth-order valence-electron chi connectivity index (χ4n) is 2.20. The molecule has 3 rings (SSSR count). The fraction of sp³-hybridized carbons (Fsp3) is 0.176. The third-order valence-corrected chi connectivity index (χ3v) is 3.31. The van der Waals surface area contributed by atoms with E-state index in [0.717, 1.165) is 22.3 Å². The summed E-state index contributed by atoms with van der Waals surface area (Å²) in [4.78, 5) is 0. The Morgan fingerprint density at radius 3 is 2.55 bits per heavy atom. The van der Waals surface area contributed by atoms with Crippen LogP contribution in [0.2, 0.25) is 0 Å². The molecule has 3 aromatic rings. The van der Waals surface area contributed by atoms with Crippen LogP contribution in [0.1, 0.15) is 16.9 Å². The fourth-order valence-corrected chi connectivity index (χ4v) is 2.20. The first-order valence-corrected chi connectivity index (χ1v) is 6.67. The van der Waals surface area contributed by atoms with E-state index in [4.69, 9.17) is 14.9 Å². The van der Waals surface area contributed by atoms with Crippen molar-refractivity contribution in [2.24, 2.45) is 5.73 Å². The smallest absolute Gasteiger partial charge is 0.170 e. The lowest BCUT2D eigenvalue weighted by Crippen LogP contribution is -2.00. The second kappa shape index (κ2) is 5.39. The molecule has 0 spiro atoms. The van der Waals surface area contributed by atoms with Crippen molar-refractivity contribution in [1.82, 2.24) is 0 Å². The lowest BCUT2D eigenvalue weighted by Gasteiger charge is -2.06. The summed E-state index contributed by atoms with van der Waals surface area (Å²) in [7, 11) is 0. The van der Waals surface area contributed by atoms with Crippen molar-refractivity contribution in [1.29, 1.82) is 0 Å². The normalized spacial score (nSPS) is 10.9. The van der Waals surface area contributed by atoms with Crippen molar-refractivity contribution >= 4 is 11.0 Å². The minimum atomic E-state index is 0.331. The molecule has 0 amide bonds. The zero-order valence-electron chi connectivity index (χ0n) is 11.4. The van der Waals surface area contributed by atoms with Gasteiger partial charge in [-0.2, -0.15) is 0 Å². The molecule has 1 heterocycles. The van der Waals surface area contributed by atoms with Crippen LogP contribution >= 0.6 is 0 Å². The summed E-state index contributed by atoms with van der Waals surface area (Å²) in [6, 6.07) is 16.1. The lowest BCUT2D eigenvalue weighted by atomic mass is 10.2. The van der Waals surface area contributed by atoms with E-state index >= 15 is 0 Å². The van der Waals surface area contributed by atoms with Gasteiger partial charge in [-0.25, -0.2) is 0 Å². The number of hydrogen-bond acceptors (Lipinski definition) is 3. The average molecular weight is 267 g/mol. The second-order valence-electron chi connectivity index (χ2n) is 4.83. The van der Waals surface area contributed by atoms with Crippen molar-refractivity contribution in [3.05, 3.63) is 65.4 Å². The first kappa shape index (κ1) is 12.8. The van der Waals surface area contributed by atoms with Crippen molar-refractivity contribution in [2.45, 2.75) is 20.1 Å². The summed E-state index contributed by atoms with van der Waals surface area (Å²) < 4.78 is 11.6. The van der Waals surface area contributed by atoms with Crippen LogP contribution < -0.4 is 10.5 Å². The third kappa shape index (κ3) is 2.40. The van der Waals surface area contributed by atoms with E-state index in [1.54, 1.807) is 0 Å². The SMILES string of the molecule is Cc1ccc(COc2c(CN)oc3ccccc23)cc1. The Hall–Kier alpha value is -2.26. The summed E-state index contributed by atoms with van der Waals surface area (Å²) in [5.74, 6) is 1.45. The molecule has 0 saturated carbocycles. The van der Waals surface area contributed by atoms with Gasteiger partial charge in [0.25, 0.3) is 0 Å². The molecule has 0 fully saturated rings. The highest BCUT2D eigenvalue weighted by Crippen LogP contribution is 2.33. The summed E-state index contributed by atoms with van der Waals surface area (Å²) >= 11 is 0. The summed E-state index contributed by atoms with van der Waals surface area (Å²) in [5.41, 5.74) is 8.91. The van der Waals surface area contributed by atoms with E-state index in [9.17, 15) is 0 Å². The molecule has 3 heteroatoms. The van der Waals surface area contributed by atoms with Crippen LogP contribution in [0.25, 0.3) is 11.0 Å². The van der Waals surface area contributed by atoms with Gasteiger partial charge >= 0.3 is 0 Å². The molecule has 0 aliphatic rings.